The Kier molecular flexibility index (Phi) is 5.21. The fourth-order valence-corrected chi connectivity index (χ4v) is 2.47. The first kappa shape index (κ1) is 17.9. The van der Waals surface area contributed by atoms with Crippen LogP contribution in [0.2, 0.25) is 0 Å². The van der Waals surface area contributed by atoms with E-state index in [4.69, 9.17) is 4.74 Å². The Balaban J connectivity index is 2.40. The van der Waals surface area contributed by atoms with Crippen molar-refractivity contribution in [3.63, 3.8) is 0 Å². The minimum atomic E-state index is -2.66. The van der Waals surface area contributed by atoms with Crippen LogP contribution in [0.15, 0.2) is 30.6 Å². The molecule has 7 heteroatoms. The van der Waals surface area contributed by atoms with E-state index in [1.165, 1.54) is 19.5 Å². The zero-order chi connectivity index (χ0) is 17.9. The van der Waals surface area contributed by atoms with Crippen molar-refractivity contribution in [2.24, 2.45) is 0 Å². The number of anilines is 1. The van der Waals surface area contributed by atoms with Gasteiger partial charge in [0, 0.05) is 12.4 Å². The fraction of sp³-hybridized carbons (Fsp3) is 0.412. The number of carbonyl (C=O) groups excluding carboxylic acids is 1. The highest BCUT2D eigenvalue weighted by Crippen LogP contribution is 2.33. The van der Waals surface area contributed by atoms with E-state index in [0.29, 0.717) is 11.3 Å². The summed E-state index contributed by atoms with van der Waals surface area (Å²) in [6.07, 6.45) is 2.54. The lowest BCUT2D eigenvalue weighted by atomic mass is 9.84. The Labute approximate surface area is 139 Å². The number of imidazole rings is 1. The number of halogens is 2. The molecule has 24 heavy (non-hydrogen) atoms. The van der Waals surface area contributed by atoms with E-state index in [9.17, 15) is 13.6 Å². The molecule has 5 nitrogen and oxygen atoms in total. The molecule has 1 aromatic heterocycles. The summed E-state index contributed by atoms with van der Waals surface area (Å²) in [6, 6.07) is 5.31. The van der Waals surface area contributed by atoms with Crippen LogP contribution < -0.4 is 5.32 Å². The maximum absolute atomic E-state index is 12.9. The molecule has 0 amide bonds. The van der Waals surface area contributed by atoms with Crippen LogP contribution in [0.5, 0.6) is 0 Å². The van der Waals surface area contributed by atoms with Gasteiger partial charge >= 0.3 is 12.5 Å². The fourth-order valence-electron chi connectivity index (χ4n) is 2.47. The van der Waals surface area contributed by atoms with Gasteiger partial charge < -0.3 is 10.1 Å². The monoisotopic (exact) mass is 337 g/mol. The summed E-state index contributed by atoms with van der Waals surface area (Å²) >= 11 is 0. The molecule has 0 aliphatic heterocycles. The molecular weight excluding hydrogens is 316 g/mol. The molecule has 0 unspecified atom stereocenters. The summed E-state index contributed by atoms with van der Waals surface area (Å²) in [4.78, 5) is 16.0. The number of para-hydroxylation sites is 1. The molecule has 2 aromatic rings. The molecule has 0 atom stereocenters. The van der Waals surface area contributed by atoms with Gasteiger partial charge in [-0.3, -0.25) is 4.57 Å². The highest BCUT2D eigenvalue weighted by atomic mass is 19.3. The molecule has 1 heterocycles. The molecule has 1 aromatic carbocycles. The number of rotatable bonds is 5. The number of esters is 1. The van der Waals surface area contributed by atoms with Gasteiger partial charge in [-0.05, 0) is 17.0 Å². The maximum atomic E-state index is 12.9. The molecule has 0 bridgehead atoms. The van der Waals surface area contributed by atoms with Crippen LogP contribution in [0, 0.1) is 0 Å². The predicted molar refractivity (Wildman–Crippen MR) is 87.3 cm³/mol. The molecule has 0 aliphatic carbocycles. The van der Waals surface area contributed by atoms with Gasteiger partial charge in [0.1, 0.15) is 5.82 Å². The number of hydrogen-bond acceptors (Lipinski definition) is 4. The van der Waals surface area contributed by atoms with Crippen molar-refractivity contribution in [2.75, 3.05) is 12.4 Å². The van der Waals surface area contributed by atoms with E-state index >= 15 is 0 Å². The largest absolute Gasteiger partial charge is 0.465 e. The van der Waals surface area contributed by atoms with Gasteiger partial charge in [0.05, 0.1) is 24.9 Å². The molecule has 0 saturated heterocycles. The van der Waals surface area contributed by atoms with E-state index in [-0.39, 0.29) is 17.8 Å². The third kappa shape index (κ3) is 3.72. The predicted octanol–water partition coefficient (Wildman–Crippen LogP) is 3.97. The number of aromatic nitrogens is 2. The third-order valence-electron chi connectivity index (χ3n) is 3.66. The lowest BCUT2D eigenvalue weighted by molar-refractivity contribution is 0.0600. The first-order valence-corrected chi connectivity index (χ1v) is 7.51. The van der Waals surface area contributed by atoms with Crippen molar-refractivity contribution in [3.05, 3.63) is 47.5 Å². The van der Waals surface area contributed by atoms with Gasteiger partial charge in [-0.1, -0.05) is 32.9 Å². The van der Waals surface area contributed by atoms with Crippen LogP contribution in [0.1, 0.15) is 49.1 Å². The number of alkyl halides is 2. The van der Waals surface area contributed by atoms with Crippen LogP contribution >= 0.6 is 0 Å². The van der Waals surface area contributed by atoms with E-state index < -0.39 is 12.5 Å². The van der Waals surface area contributed by atoms with Crippen LogP contribution in [-0.2, 0) is 16.7 Å². The molecule has 2 rings (SSSR count). The van der Waals surface area contributed by atoms with Crippen molar-refractivity contribution in [3.8, 4) is 0 Å². The van der Waals surface area contributed by atoms with Gasteiger partial charge in [0.15, 0.2) is 0 Å². The smallest absolute Gasteiger partial charge is 0.339 e. The Bertz CT molecular complexity index is 721. The second kappa shape index (κ2) is 6.98. The summed E-state index contributed by atoms with van der Waals surface area (Å²) < 4.78 is 31.5. The highest BCUT2D eigenvalue weighted by Gasteiger charge is 2.23. The second-order valence-corrected chi connectivity index (χ2v) is 6.35. The van der Waals surface area contributed by atoms with Crippen LogP contribution in [0.3, 0.4) is 0 Å². The number of methoxy groups -OCH3 is 1. The van der Waals surface area contributed by atoms with E-state index in [2.05, 4.69) is 10.3 Å². The summed E-state index contributed by atoms with van der Waals surface area (Å²) in [5, 5.41) is 3.08. The minimum absolute atomic E-state index is 0.0639. The topological polar surface area (TPSA) is 56.1 Å². The van der Waals surface area contributed by atoms with E-state index in [0.717, 1.165) is 10.1 Å². The van der Waals surface area contributed by atoms with Crippen molar-refractivity contribution < 1.29 is 18.3 Å². The summed E-state index contributed by atoms with van der Waals surface area (Å²) in [6.45, 7) is 3.43. The average Bonchev–Trinajstić information content (AvgIpc) is 2.99. The standard InChI is InChI=1S/C17H21F2N3O2/c1-17(2,3)12-7-5-6-11(15(23)24-4)14(12)21-10-13-20-8-9-22(13)16(18)19/h5-9,16,21H,10H2,1-4H3. The molecule has 0 fully saturated rings. The SMILES string of the molecule is COC(=O)c1cccc(C(C)(C)C)c1NCc1nccn1C(F)F. The lowest BCUT2D eigenvalue weighted by Gasteiger charge is -2.25. The Morgan fingerprint density at radius 3 is 2.67 bits per heavy atom. The highest BCUT2D eigenvalue weighted by molar-refractivity contribution is 5.96. The quantitative estimate of drug-likeness (QED) is 0.839. The Morgan fingerprint density at radius 1 is 1.38 bits per heavy atom. The molecule has 0 aliphatic rings. The van der Waals surface area contributed by atoms with Crippen molar-refractivity contribution in [1.29, 1.82) is 0 Å². The Morgan fingerprint density at radius 2 is 2.08 bits per heavy atom. The van der Waals surface area contributed by atoms with Gasteiger partial charge in [0.25, 0.3) is 0 Å². The Hall–Kier alpha value is -2.44. The number of carbonyl (C=O) groups is 1. The van der Waals surface area contributed by atoms with E-state index in [1.54, 1.807) is 12.1 Å². The minimum Gasteiger partial charge on any atom is -0.465 e. The number of hydrogen-bond donors (Lipinski definition) is 1. The zero-order valence-electron chi connectivity index (χ0n) is 14.1. The van der Waals surface area contributed by atoms with Gasteiger partial charge in [0.2, 0.25) is 0 Å². The van der Waals surface area contributed by atoms with Crippen LogP contribution in [0.4, 0.5) is 14.5 Å². The zero-order valence-corrected chi connectivity index (χ0v) is 14.1. The first-order valence-electron chi connectivity index (χ1n) is 7.51. The second-order valence-electron chi connectivity index (χ2n) is 6.35. The molecule has 0 saturated carbocycles. The van der Waals surface area contributed by atoms with E-state index in [1.807, 2.05) is 26.8 Å². The molecule has 1 N–H and O–H groups in total. The number of benzene rings is 1. The normalized spacial score (nSPS) is 11.6. The van der Waals surface area contributed by atoms with Gasteiger partial charge in [-0.25, -0.2) is 9.78 Å². The van der Waals surface area contributed by atoms with Crippen molar-refractivity contribution >= 4 is 11.7 Å². The number of nitrogens with one attached hydrogen (secondary N) is 1. The molecule has 0 spiro atoms. The molecular formula is C17H21F2N3O2. The summed E-state index contributed by atoms with van der Waals surface area (Å²) in [5.41, 5.74) is 1.58. The van der Waals surface area contributed by atoms with Gasteiger partial charge in [-0.15, -0.1) is 0 Å². The average molecular weight is 337 g/mol. The summed E-state index contributed by atoms with van der Waals surface area (Å²) in [7, 11) is 1.30. The summed E-state index contributed by atoms with van der Waals surface area (Å²) in [5.74, 6) is -0.301. The lowest BCUT2D eigenvalue weighted by Crippen LogP contribution is -2.19. The number of nitrogens with zero attached hydrogens (tertiary/aromatic N) is 2. The van der Waals surface area contributed by atoms with Crippen LogP contribution in [-0.4, -0.2) is 22.6 Å². The number of ether oxygens (including phenoxy) is 1. The van der Waals surface area contributed by atoms with Crippen molar-refractivity contribution in [1.82, 2.24) is 9.55 Å². The van der Waals surface area contributed by atoms with Crippen LogP contribution in [0.25, 0.3) is 0 Å². The molecule has 0 radical (unpaired) electrons. The maximum Gasteiger partial charge on any atom is 0.339 e. The van der Waals surface area contributed by atoms with Gasteiger partial charge in [-0.2, -0.15) is 8.78 Å². The molecule has 130 valence electrons. The van der Waals surface area contributed by atoms with Crippen molar-refractivity contribution in [2.45, 2.75) is 39.3 Å². The first-order chi connectivity index (χ1) is 11.3. The third-order valence-corrected chi connectivity index (χ3v) is 3.66.